The van der Waals surface area contributed by atoms with Gasteiger partial charge >= 0.3 is 17.9 Å². The molecule has 0 rings (SSSR count). The lowest BCUT2D eigenvalue weighted by Gasteiger charge is -2.18. The second kappa shape index (κ2) is 61.9. The van der Waals surface area contributed by atoms with Crippen LogP contribution in [0.1, 0.15) is 342 Å². The van der Waals surface area contributed by atoms with Gasteiger partial charge < -0.3 is 14.2 Å². The number of hydrogen-bond acceptors (Lipinski definition) is 6. The maximum atomic E-state index is 12.9. The third-order valence-corrected chi connectivity index (χ3v) is 14.3. The van der Waals surface area contributed by atoms with E-state index < -0.39 is 6.10 Å². The number of ether oxygens (including phenoxy) is 3. The highest BCUT2D eigenvalue weighted by Gasteiger charge is 2.19. The molecule has 0 saturated heterocycles. The number of unbranched alkanes of at least 4 members (excludes halogenated alkanes) is 40. The third kappa shape index (κ3) is 60.1. The zero-order chi connectivity index (χ0) is 52.9. The number of esters is 3. The largest absolute Gasteiger partial charge is 0.462 e. The molecule has 0 aliphatic carbocycles. The van der Waals surface area contributed by atoms with Crippen molar-refractivity contribution in [3.05, 3.63) is 48.6 Å². The zero-order valence-electron chi connectivity index (χ0n) is 48.9. The Bertz CT molecular complexity index is 1270. The molecule has 1 atom stereocenters. The second-order valence-corrected chi connectivity index (χ2v) is 21.7. The summed E-state index contributed by atoms with van der Waals surface area (Å²) in [5, 5.41) is 0. The Balaban J connectivity index is 4.35. The Hall–Kier alpha value is -2.63. The summed E-state index contributed by atoms with van der Waals surface area (Å²) < 4.78 is 16.9. The predicted octanol–water partition coefficient (Wildman–Crippen LogP) is 21.8. The molecule has 0 N–H and O–H groups in total. The van der Waals surface area contributed by atoms with Crippen LogP contribution in [0, 0.1) is 0 Å². The maximum Gasteiger partial charge on any atom is 0.306 e. The van der Waals surface area contributed by atoms with Crippen molar-refractivity contribution in [2.45, 2.75) is 348 Å². The first-order valence-corrected chi connectivity index (χ1v) is 32.1. The minimum absolute atomic E-state index is 0.0748. The smallest absolute Gasteiger partial charge is 0.306 e. The molecule has 0 aliphatic heterocycles. The van der Waals surface area contributed by atoms with Crippen molar-refractivity contribution in [1.29, 1.82) is 0 Å². The van der Waals surface area contributed by atoms with Crippen LogP contribution in [0.5, 0.6) is 0 Å². The zero-order valence-corrected chi connectivity index (χ0v) is 48.9. The molecule has 0 unspecified atom stereocenters. The predicted molar refractivity (Wildman–Crippen MR) is 316 cm³/mol. The van der Waals surface area contributed by atoms with Crippen molar-refractivity contribution in [3.63, 3.8) is 0 Å². The van der Waals surface area contributed by atoms with Crippen molar-refractivity contribution < 1.29 is 28.6 Å². The molecule has 0 bridgehead atoms. The van der Waals surface area contributed by atoms with E-state index in [9.17, 15) is 14.4 Å². The average molecular weight is 1020 g/mol. The fourth-order valence-corrected chi connectivity index (χ4v) is 9.41. The maximum absolute atomic E-state index is 12.9. The van der Waals surface area contributed by atoms with Crippen LogP contribution in [0.3, 0.4) is 0 Å². The van der Waals surface area contributed by atoms with Crippen LogP contribution in [0.25, 0.3) is 0 Å². The summed E-state index contributed by atoms with van der Waals surface area (Å²) in [6, 6.07) is 0. The molecule has 6 nitrogen and oxygen atoms in total. The Morgan fingerprint density at radius 2 is 0.493 bits per heavy atom. The second-order valence-electron chi connectivity index (χ2n) is 21.7. The third-order valence-electron chi connectivity index (χ3n) is 14.3. The van der Waals surface area contributed by atoms with Crippen molar-refractivity contribution in [2.24, 2.45) is 0 Å². The van der Waals surface area contributed by atoms with Gasteiger partial charge in [0.25, 0.3) is 0 Å². The van der Waals surface area contributed by atoms with Crippen LogP contribution in [-0.2, 0) is 28.6 Å². The van der Waals surface area contributed by atoms with Crippen LogP contribution in [0.4, 0.5) is 0 Å². The highest BCUT2D eigenvalue weighted by molar-refractivity contribution is 5.71. The minimum Gasteiger partial charge on any atom is -0.462 e. The van der Waals surface area contributed by atoms with Gasteiger partial charge in [0.2, 0.25) is 0 Å². The van der Waals surface area contributed by atoms with E-state index in [-0.39, 0.29) is 31.1 Å². The minimum atomic E-state index is -0.778. The number of allylic oxidation sites excluding steroid dienone is 8. The van der Waals surface area contributed by atoms with E-state index >= 15 is 0 Å². The molecule has 0 aromatic rings. The molecular formula is C67H122O6. The molecule has 0 aromatic heterocycles. The molecule has 0 saturated carbocycles. The summed E-state index contributed by atoms with van der Waals surface area (Å²) in [7, 11) is 0. The standard InChI is InChI=1S/C67H122O6/c1-4-7-10-13-16-19-22-25-28-31-33-36-38-41-44-47-50-53-56-59-65(68)71-62-64(73-67(70)61-58-55-52-49-46-43-40-35-30-27-24-21-18-15-12-9-6-3)63-72-66(69)60-57-54-51-48-45-42-39-37-34-32-29-26-23-20-17-14-11-8-5-2/h16,19,25-30,64H,4-15,17-18,20-24,31-63H2,1-3H3/b19-16-,28-25-,29-26-,30-27-/t64-/m1/s1. The summed E-state index contributed by atoms with van der Waals surface area (Å²) in [6.07, 6.45) is 76.8. The quantitative estimate of drug-likeness (QED) is 0.0261. The van der Waals surface area contributed by atoms with Gasteiger partial charge in [-0.2, -0.15) is 0 Å². The molecule has 0 aromatic carbocycles. The monoisotopic (exact) mass is 1020 g/mol. The molecule has 0 spiro atoms. The van der Waals surface area contributed by atoms with Crippen molar-refractivity contribution in [2.75, 3.05) is 13.2 Å². The molecule has 426 valence electrons. The van der Waals surface area contributed by atoms with Crippen LogP contribution in [0.15, 0.2) is 48.6 Å². The van der Waals surface area contributed by atoms with E-state index in [1.54, 1.807) is 0 Å². The number of rotatable bonds is 59. The lowest BCUT2D eigenvalue weighted by Crippen LogP contribution is -2.30. The molecule has 73 heavy (non-hydrogen) atoms. The molecule has 0 fully saturated rings. The van der Waals surface area contributed by atoms with Gasteiger partial charge in [0.1, 0.15) is 13.2 Å². The van der Waals surface area contributed by atoms with E-state index in [0.29, 0.717) is 19.3 Å². The van der Waals surface area contributed by atoms with Gasteiger partial charge in [0.15, 0.2) is 6.10 Å². The van der Waals surface area contributed by atoms with Crippen LogP contribution >= 0.6 is 0 Å². The first-order valence-electron chi connectivity index (χ1n) is 32.1. The molecular weight excluding hydrogens is 901 g/mol. The highest BCUT2D eigenvalue weighted by atomic mass is 16.6. The number of carbonyl (C=O) groups excluding carboxylic acids is 3. The van der Waals surface area contributed by atoms with Gasteiger partial charge in [-0.1, -0.05) is 268 Å². The molecule has 0 aliphatic rings. The normalized spacial score (nSPS) is 12.3. The molecule has 0 radical (unpaired) electrons. The average Bonchev–Trinajstić information content (AvgIpc) is 3.39. The lowest BCUT2D eigenvalue weighted by atomic mass is 10.1. The lowest BCUT2D eigenvalue weighted by molar-refractivity contribution is -0.167. The van der Waals surface area contributed by atoms with E-state index in [1.807, 2.05) is 0 Å². The molecule has 0 amide bonds. The van der Waals surface area contributed by atoms with E-state index in [2.05, 4.69) is 69.4 Å². The summed E-state index contributed by atoms with van der Waals surface area (Å²) in [5.41, 5.74) is 0. The summed E-state index contributed by atoms with van der Waals surface area (Å²) >= 11 is 0. The van der Waals surface area contributed by atoms with Gasteiger partial charge in [0, 0.05) is 19.3 Å². The fourth-order valence-electron chi connectivity index (χ4n) is 9.41. The topological polar surface area (TPSA) is 78.9 Å². The van der Waals surface area contributed by atoms with Gasteiger partial charge in [-0.25, -0.2) is 0 Å². The van der Waals surface area contributed by atoms with E-state index in [4.69, 9.17) is 14.2 Å². The Kier molecular flexibility index (Phi) is 59.7. The van der Waals surface area contributed by atoms with Gasteiger partial charge in [-0.05, 0) is 103 Å². The summed E-state index contributed by atoms with van der Waals surface area (Å²) in [6.45, 7) is 6.65. The van der Waals surface area contributed by atoms with Crippen molar-refractivity contribution >= 4 is 17.9 Å². The van der Waals surface area contributed by atoms with Crippen LogP contribution in [0.2, 0.25) is 0 Å². The summed E-state index contributed by atoms with van der Waals surface area (Å²) in [4.78, 5) is 38.3. The highest BCUT2D eigenvalue weighted by Crippen LogP contribution is 2.17. The first kappa shape index (κ1) is 70.4. The van der Waals surface area contributed by atoms with Crippen LogP contribution in [-0.4, -0.2) is 37.2 Å². The summed E-state index contributed by atoms with van der Waals surface area (Å²) in [5.74, 6) is -0.865. The van der Waals surface area contributed by atoms with E-state index in [1.165, 1.54) is 238 Å². The SMILES string of the molecule is CCCCC/C=C\C/C=C\CCCCCCCCCCCC(=O)OC[C@H](COC(=O)CCCCCCCCCCC/C=C\CCCCCCCC)OC(=O)CCCCCCCCC/C=C\CCCCCCCC. The van der Waals surface area contributed by atoms with Crippen molar-refractivity contribution in [3.8, 4) is 0 Å². The number of hydrogen-bond donors (Lipinski definition) is 0. The number of carbonyl (C=O) groups is 3. The first-order chi connectivity index (χ1) is 36.0. The Labute approximate surface area is 454 Å². The molecule has 6 heteroatoms. The molecule has 0 heterocycles. The fraction of sp³-hybridized carbons (Fsp3) is 0.836. The van der Waals surface area contributed by atoms with Crippen LogP contribution < -0.4 is 0 Å². The van der Waals surface area contributed by atoms with Crippen molar-refractivity contribution in [1.82, 2.24) is 0 Å². The van der Waals surface area contributed by atoms with Gasteiger partial charge in [0.05, 0.1) is 0 Å². The van der Waals surface area contributed by atoms with E-state index in [0.717, 1.165) is 64.2 Å². The van der Waals surface area contributed by atoms with Gasteiger partial charge in [-0.3, -0.25) is 14.4 Å². The Morgan fingerprint density at radius 3 is 0.795 bits per heavy atom. The van der Waals surface area contributed by atoms with Gasteiger partial charge in [-0.15, -0.1) is 0 Å². The Morgan fingerprint density at radius 1 is 0.274 bits per heavy atom.